The third-order valence-corrected chi connectivity index (χ3v) is 3.69. The monoisotopic (exact) mass is 257 g/mol. The predicted molar refractivity (Wildman–Crippen MR) is 76.9 cm³/mol. The van der Waals surface area contributed by atoms with Gasteiger partial charge in [-0.05, 0) is 37.0 Å². The predicted octanol–water partition coefficient (Wildman–Crippen LogP) is 2.41. The summed E-state index contributed by atoms with van der Waals surface area (Å²) in [6, 6.07) is 3.79. The Labute approximate surface area is 113 Å². The Bertz CT molecular complexity index is 557. The van der Waals surface area contributed by atoms with Crippen LogP contribution < -0.4 is 5.32 Å². The minimum absolute atomic E-state index is 0.136. The van der Waals surface area contributed by atoms with Gasteiger partial charge in [-0.15, -0.1) is 0 Å². The number of aliphatic imine (C=N–C) groups is 1. The molecule has 2 rings (SSSR count). The summed E-state index contributed by atoms with van der Waals surface area (Å²) in [5.74, 6) is 0.577. The molecule has 0 saturated carbocycles. The molecule has 0 radical (unpaired) electrons. The van der Waals surface area contributed by atoms with Gasteiger partial charge in [0.1, 0.15) is 11.2 Å². The lowest BCUT2D eigenvalue weighted by atomic mass is 9.88. The maximum Gasteiger partial charge on any atom is 0.273 e. The highest BCUT2D eigenvalue weighted by Crippen LogP contribution is 2.24. The maximum atomic E-state index is 12.0. The van der Waals surface area contributed by atoms with Gasteiger partial charge in [0.25, 0.3) is 5.91 Å². The van der Waals surface area contributed by atoms with E-state index >= 15 is 0 Å². The van der Waals surface area contributed by atoms with Gasteiger partial charge in [-0.3, -0.25) is 9.78 Å². The van der Waals surface area contributed by atoms with Gasteiger partial charge in [-0.25, -0.2) is 0 Å². The van der Waals surface area contributed by atoms with Gasteiger partial charge in [0.15, 0.2) is 5.84 Å². The fourth-order valence-electron chi connectivity index (χ4n) is 1.84. The van der Waals surface area contributed by atoms with E-state index in [0.717, 1.165) is 11.1 Å². The average Bonchev–Trinajstić information content (AvgIpc) is 2.67. The number of aromatic nitrogens is 1. The molecule has 2 heterocycles. The van der Waals surface area contributed by atoms with Crippen molar-refractivity contribution in [2.24, 2.45) is 10.9 Å². The smallest absolute Gasteiger partial charge is 0.273 e. The van der Waals surface area contributed by atoms with Gasteiger partial charge in [0.05, 0.1) is 0 Å². The van der Waals surface area contributed by atoms with E-state index in [1.807, 2.05) is 39.8 Å². The first kappa shape index (κ1) is 13.5. The van der Waals surface area contributed by atoms with E-state index in [-0.39, 0.29) is 11.8 Å². The standard InChI is InChI=1S/C15H19N3O/c1-9(2)11-6-7-12(16-8-11)13-17-14(19)15(5,18-13)10(3)4/h6-8,10H,1H2,2-5H3,(H,17,18,19). The number of pyridine rings is 1. The fraction of sp³-hybridized carbons (Fsp3) is 0.400. The molecule has 1 atom stereocenters. The number of allylic oxidation sites excluding steroid dienone is 1. The molecule has 1 aliphatic heterocycles. The van der Waals surface area contributed by atoms with Crippen molar-refractivity contribution in [3.05, 3.63) is 36.2 Å². The van der Waals surface area contributed by atoms with Crippen LogP contribution in [0.1, 0.15) is 39.0 Å². The Kier molecular flexibility index (Phi) is 3.27. The quantitative estimate of drug-likeness (QED) is 0.904. The topological polar surface area (TPSA) is 54.4 Å². The molecule has 1 aromatic heterocycles. The molecule has 0 bridgehead atoms. The summed E-state index contributed by atoms with van der Waals surface area (Å²) in [5.41, 5.74) is 2.00. The molecular formula is C15H19N3O. The van der Waals surface area contributed by atoms with E-state index in [2.05, 4.69) is 21.9 Å². The summed E-state index contributed by atoms with van der Waals surface area (Å²) >= 11 is 0. The van der Waals surface area contributed by atoms with Gasteiger partial charge < -0.3 is 5.32 Å². The highest BCUT2D eigenvalue weighted by atomic mass is 16.2. The van der Waals surface area contributed by atoms with Crippen LogP contribution in [0.15, 0.2) is 29.9 Å². The van der Waals surface area contributed by atoms with E-state index in [9.17, 15) is 4.79 Å². The van der Waals surface area contributed by atoms with E-state index in [4.69, 9.17) is 0 Å². The molecule has 1 aliphatic rings. The summed E-state index contributed by atoms with van der Waals surface area (Å²) in [4.78, 5) is 20.4. The van der Waals surface area contributed by atoms with Gasteiger partial charge in [0, 0.05) is 6.20 Å². The van der Waals surface area contributed by atoms with Gasteiger partial charge in [-0.1, -0.05) is 26.5 Å². The normalized spacial score (nSPS) is 22.4. The van der Waals surface area contributed by atoms with Crippen molar-refractivity contribution < 1.29 is 4.79 Å². The molecule has 4 nitrogen and oxygen atoms in total. The van der Waals surface area contributed by atoms with Crippen LogP contribution in [0, 0.1) is 5.92 Å². The molecule has 1 N–H and O–H groups in total. The second-order valence-electron chi connectivity index (χ2n) is 5.46. The number of nitrogens with one attached hydrogen (secondary N) is 1. The zero-order valence-electron chi connectivity index (χ0n) is 11.8. The molecule has 1 unspecified atom stereocenters. The molecular weight excluding hydrogens is 238 g/mol. The van der Waals surface area contributed by atoms with Crippen molar-refractivity contribution >= 4 is 17.3 Å². The lowest BCUT2D eigenvalue weighted by molar-refractivity contribution is -0.123. The summed E-state index contributed by atoms with van der Waals surface area (Å²) < 4.78 is 0. The summed E-state index contributed by atoms with van der Waals surface area (Å²) in [6.45, 7) is 11.7. The number of amides is 1. The molecule has 0 saturated heterocycles. The number of hydrogen-bond donors (Lipinski definition) is 1. The highest BCUT2D eigenvalue weighted by molar-refractivity contribution is 6.12. The van der Waals surface area contributed by atoms with Gasteiger partial charge in [-0.2, -0.15) is 4.99 Å². The first-order valence-electron chi connectivity index (χ1n) is 6.38. The second-order valence-corrected chi connectivity index (χ2v) is 5.46. The Hall–Kier alpha value is -1.97. The first-order valence-corrected chi connectivity index (χ1v) is 6.38. The maximum absolute atomic E-state index is 12.0. The van der Waals surface area contributed by atoms with Crippen LogP contribution in [0.5, 0.6) is 0 Å². The number of carbonyl (C=O) groups excluding carboxylic acids is 1. The molecule has 0 spiro atoms. The van der Waals surface area contributed by atoms with Crippen LogP contribution in [-0.2, 0) is 4.79 Å². The lowest BCUT2D eigenvalue weighted by Gasteiger charge is -2.26. The number of nitrogens with zero attached hydrogens (tertiary/aromatic N) is 2. The van der Waals surface area contributed by atoms with Crippen molar-refractivity contribution in [2.45, 2.75) is 33.2 Å². The third-order valence-electron chi connectivity index (χ3n) is 3.69. The number of amidine groups is 1. The highest BCUT2D eigenvalue weighted by Gasteiger charge is 2.42. The molecule has 0 fully saturated rings. The lowest BCUT2D eigenvalue weighted by Crippen LogP contribution is -2.50. The van der Waals surface area contributed by atoms with Crippen LogP contribution in [0.25, 0.3) is 5.57 Å². The molecule has 0 aliphatic carbocycles. The summed E-state index contributed by atoms with van der Waals surface area (Å²) in [7, 11) is 0. The Morgan fingerprint density at radius 3 is 2.53 bits per heavy atom. The van der Waals surface area contributed by atoms with E-state index in [0.29, 0.717) is 11.5 Å². The van der Waals surface area contributed by atoms with Crippen LogP contribution >= 0.6 is 0 Å². The van der Waals surface area contributed by atoms with Gasteiger partial charge in [0.2, 0.25) is 0 Å². The summed E-state index contributed by atoms with van der Waals surface area (Å²) in [5, 5.41) is 3.20. The van der Waals surface area contributed by atoms with Crippen LogP contribution in [0.3, 0.4) is 0 Å². The van der Waals surface area contributed by atoms with E-state index in [1.165, 1.54) is 0 Å². The Morgan fingerprint density at radius 1 is 1.42 bits per heavy atom. The summed E-state index contributed by atoms with van der Waals surface area (Å²) in [6.07, 6.45) is 1.75. The van der Waals surface area contributed by atoms with Crippen molar-refractivity contribution in [3.8, 4) is 0 Å². The minimum atomic E-state index is -0.635. The molecule has 1 aromatic rings. The van der Waals surface area contributed by atoms with Crippen LogP contribution in [-0.4, -0.2) is 22.3 Å². The Balaban J connectivity index is 2.28. The number of rotatable bonds is 3. The average molecular weight is 257 g/mol. The SMILES string of the molecule is C=C(C)c1ccc(C2=NC(=O)C(C)(C(C)C)N2)nc1. The van der Waals surface area contributed by atoms with Crippen LogP contribution in [0.2, 0.25) is 0 Å². The minimum Gasteiger partial charge on any atom is -0.354 e. The molecule has 100 valence electrons. The number of hydrogen-bond acceptors (Lipinski definition) is 3. The third kappa shape index (κ3) is 2.30. The zero-order chi connectivity index (χ0) is 14.2. The molecule has 19 heavy (non-hydrogen) atoms. The Morgan fingerprint density at radius 2 is 2.11 bits per heavy atom. The molecule has 0 aromatic carbocycles. The van der Waals surface area contributed by atoms with Crippen molar-refractivity contribution in [1.29, 1.82) is 0 Å². The van der Waals surface area contributed by atoms with E-state index < -0.39 is 5.54 Å². The fourth-order valence-corrected chi connectivity index (χ4v) is 1.84. The molecule has 1 amide bonds. The van der Waals surface area contributed by atoms with Crippen molar-refractivity contribution in [3.63, 3.8) is 0 Å². The van der Waals surface area contributed by atoms with Gasteiger partial charge >= 0.3 is 0 Å². The number of carbonyl (C=O) groups is 1. The van der Waals surface area contributed by atoms with Crippen molar-refractivity contribution in [2.75, 3.05) is 0 Å². The van der Waals surface area contributed by atoms with Crippen molar-refractivity contribution in [1.82, 2.24) is 10.3 Å². The zero-order valence-corrected chi connectivity index (χ0v) is 11.8. The van der Waals surface area contributed by atoms with Crippen LogP contribution in [0.4, 0.5) is 0 Å². The largest absolute Gasteiger partial charge is 0.354 e. The second kappa shape index (κ2) is 4.61. The van der Waals surface area contributed by atoms with E-state index in [1.54, 1.807) is 6.20 Å². The molecule has 4 heteroatoms. The first-order chi connectivity index (χ1) is 8.84.